The summed E-state index contributed by atoms with van der Waals surface area (Å²) in [4.78, 5) is 40.2. The number of aliphatic imine (C=N–C) groups is 1. The van der Waals surface area contributed by atoms with Crippen LogP contribution in [0, 0.1) is 0 Å². The molecule has 0 radical (unpaired) electrons. The van der Waals surface area contributed by atoms with Crippen LogP contribution >= 0.6 is 0 Å². The van der Waals surface area contributed by atoms with E-state index in [0.29, 0.717) is 0 Å². The van der Waals surface area contributed by atoms with Gasteiger partial charge in [-0.2, -0.15) is 4.99 Å². The second kappa shape index (κ2) is 5.70. The standard InChI is InChI=1S/C15H14N2O4/c1-9(18)12(10(2)19)13-14(20)17(15(21)16-13)8-11-6-4-3-5-7-11/h3-7,18H,8H2,1-2H3. The van der Waals surface area contributed by atoms with Gasteiger partial charge in [0.1, 0.15) is 11.5 Å². The molecule has 0 fully saturated rings. The lowest BCUT2D eigenvalue weighted by Gasteiger charge is -2.13. The minimum Gasteiger partial charge on any atom is -0.512 e. The van der Waals surface area contributed by atoms with Gasteiger partial charge < -0.3 is 5.11 Å². The predicted molar refractivity (Wildman–Crippen MR) is 75.8 cm³/mol. The van der Waals surface area contributed by atoms with Gasteiger partial charge in [-0.25, -0.2) is 4.79 Å². The molecule has 0 saturated carbocycles. The molecule has 1 N–H and O–H groups in total. The van der Waals surface area contributed by atoms with Crippen molar-refractivity contribution in [3.05, 3.63) is 47.2 Å². The van der Waals surface area contributed by atoms with Crippen LogP contribution in [0.25, 0.3) is 0 Å². The van der Waals surface area contributed by atoms with Gasteiger partial charge >= 0.3 is 6.03 Å². The van der Waals surface area contributed by atoms with Crippen molar-refractivity contribution in [2.24, 2.45) is 4.99 Å². The van der Waals surface area contributed by atoms with E-state index >= 15 is 0 Å². The van der Waals surface area contributed by atoms with E-state index in [2.05, 4.69) is 4.99 Å². The molecule has 1 aromatic carbocycles. The number of amides is 3. The van der Waals surface area contributed by atoms with Crippen LogP contribution in [0.5, 0.6) is 0 Å². The molecule has 0 unspecified atom stereocenters. The monoisotopic (exact) mass is 286 g/mol. The Balaban J connectivity index is 2.29. The molecule has 0 aromatic heterocycles. The number of benzene rings is 1. The van der Waals surface area contributed by atoms with Crippen molar-refractivity contribution in [3.8, 4) is 0 Å². The smallest absolute Gasteiger partial charge is 0.351 e. The largest absolute Gasteiger partial charge is 0.512 e. The average molecular weight is 286 g/mol. The predicted octanol–water partition coefficient (Wildman–Crippen LogP) is 2.01. The lowest BCUT2D eigenvalue weighted by atomic mass is 10.0. The summed E-state index contributed by atoms with van der Waals surface area (Å²) in [7, 11) is 0. The number of nitrogens with zero attached hydrogens (tertiary/aromatic N) is 2. The second-order valence-electron chi connectivity index (χ2n) is 4.64. The molecule has 108 valence electrons. The fourth-order valence-corrected chi connectivity index (χ4v) is 2.08. The Morgan fingerprint density at radius 1 is 1.19 bits per heavy atom. The third-order valence-corrected chi connectivity index (χ3v) is 3.02. The number of aliphatic hydroxyl groups excluding tert-OH is 1. The molecular weight excluding hydrogens is 272 g/mol. The van der Waals surface area contributed by atoms with Crippen LogP contribution in [0.2, 0.25) is 0 Å². The number of Topliss-reactive ketones (excluding diaryl/α,β-unsaturated/α-hetero) is 1. The summed E-state index contributed by atoms with van der Waals surface area (Å²) in [5.74, 6) is -1.53. The zero-order chi connectivity index (χ0) is 15.6. The topological polar surface area (TPSA) is 87.0 Å². The number of carbonyl (C=O) groups excluding carboxylic acids is 3. The lowest BCUT2D eigenvalue weighted by Crippen LogP contribution is -2.33. The second-order valence-corrected chi connectivity index (χ2v) is 4.64. The molecule has 3 amide bonds. The first-order valence-electron chi connectivity index (χ1n) is 6.31. The highest BCUT2D eigenvalue weighted by Crippen LogP contribution is 2.18. The summed E-state index contributed by atoms with van der Waals surface area (Å²) < 4.78 is 0. The summed E-state index contributed by atoms with van der Waals surface area (Å²) in [5, 5.41) is 9.52. The Labute approximate surface area is 121 Å². The number of hydrogen-bond donors (Lipinski definition) is 1. The molecule has 1 heterocycles. The van der Waals surface area contributed by atoms with E-state index in [9.17, 15) is 19.5 Å². The van der Waals surface area contributed by atoms with Crippen molar-refractivity contribution in [1.82, 2.24) is 4.90 Å². The molecule has 0 spiro atoms. The SMILES string of the molecule is CC(=O)C(C1=NC(=O)N(Cc2ccccc2)C1=O)=C(C)O. The Bertz CT molecular complexity index is 670. The number of allylic oxidation sites excluding steroid dienone is 1. The molecule has 0 aliphatic carbocycles. The maximum Gasteiger partial charge on any atom is 0.351 e. The fourth-order valence-electron chi connectivity index (χ4n) is 2.08. The number of hydrogen-bond acceptors (Lipinski definition) is 4. The Hall–Kier alpha value is -2.76. The normalized spacial score (nSPS) is 15.9. The van der Waals surface area contributed by atoms with Crippen molar-refractivity contribution in [2.45, 2.75) is 20.4 Å². The molecule has 1 aliphatic heterocycles. The van der Waals surface area contributed by atoms with Gasteiger partial charge in [-0.3, -0.25) is 14.5 Å². The van der Waals surface area contributed by atoms with E-state index in [1.54, 1.807) is 24.3 Å². The first-order chi connectivity index (χ1) is 9.91. The van der Waals surface area contributed by atoms with Gasteiger partial charge in [0, 0.05) is 0 Å². The highest BCUT2D eigenvalue weighted by Gasteiger charge is 2.37. The summed E-state index contributed by atoms with van der Waals surface area (Å²) in [6.45, 7) is 2.55. The van der Waals surface area contributed by atoms with Gasteiger partial charge in [0.15, 0.2) is 5.78 Å². The summed E-state index contributed by atoms with van der Waals surface area (Å²) in [6, 6.07) is 8.22. The number of rotatable bonds is 4. The maximum atomic E-state index is 12.2. The van der Waals surface area contributed by atoms with Crippen molar-refractivity contribution >= 4 is 23.4 Å². The van der Waals surface area contributed by atoms with Gasteiger partial charge in [0.25, 0.3) is 5.91 Å². The van der Waals surface area contributed by atoms with E-state index in [0.717, 1.165) is 10.5 Å². The van der Waals surface area contributed by atoms with Gasteiger partial charge in [0.2, 0.25) is 0 Å². The first kappa shape index (κ1) is 14.6. The summed E-state index contributed by atoms with van der Waals surface area (Å²) in [6.07, 6.45) is 0. The van der Waals surface area contributed by atoms with Crippen LogP contribution in [-0.2, 0) is 16.1 Å². The van der Waals surface area contributed by atoms with Crippen molar-refractivity contribution in [1.29, 1.82) is 0 Å². The van der Waals surface area contributed by atoms with Gasteiger partial charge in [-0.05, 0) is 19.4 Å². The lowest BCUT2D eigenvalue weighted by molar-refractivity contribution is -0.121. The minimum atomic E-state index is -0.737. The van der Waals surface area contributed by atoms with Gasteiger partial charge in [0.05, 0.1) is 12.1 Å². The van der Waals surface area contributed by atoms with Crippen molar-refractivity contribution < 1.29 is 19.5 Å². The van der Waals surface area contributed by atoms with E-state index in [1.165, 1.54) is 13.8 Å². The van der Waals surface area contributed by atoms with Crippen LogP contribution in [-0.4, -0.2) is 33.4 Å². The highest BCUT2D eigenvalue weighted by molar-refractivity contribution is 6.56. The Morgan fingerprint density at radius 3 is 2.33 bits per heavy atom. The van der Waals surface area contributed by atoms with Crippen LogP contribution in [0.15, 0.2) is 46.7 Å². The van der Waals surface area contributed by atoms with Gasteiger partial charge in [-0.1, -0.05) is 30.3 Å². The molecule has 0 atom stereocenters. The quantitative estimate of drug-likeness (QED) is 0.677. The zero-order valence-electron chi connectivity index (χ0n) is 11.7. The van der Waals surface area contributed by atoms with E-state index in [-0.39, 0.29) is 23.6 Å². The maximum absolute atomic E-state index is 12.2. The third-order valence-electron chi connectivity index (χ3n) is 3.02. The number of carbonyl (C=O) groups is 3. The molecular formula is C15H14N2O4. The average Bonchev–Trinajstić information content (AvgIpc) is 2.67. The molecule has 1 aromatic rings. The number of urea groups is 1. The Morgan fingerprint density at radius 2 is 1.81 bits per heavy atom. The number of aliphatic hydroxyl groups is 1. The first-order valence-corrected chi connectivity index (χ1v) is 6.31. The van der Waals surface area contributed by atoms with Crippen LogP contribution in [0.1, 0.15) is 19.4 Å². The van der Waals surface area contributed by atoms with Crippen molar-refractivity contribution in [2.75, 3.05) is 0 Å². The van der Waals surface area contributed by atoms with Crippen molar-refractivity contribution in [3.63, 3.8) is 0 Å². The van der Waals surface area contributed by atoms with Crippen LogP contribution in [0.3, 0.4) is 0 Å². The van der Waals surface area contributed by atoms with E-state index in [1.807, 2.05) is 6.07 Å². The minimum absolute atomic E-state index is 0.0706. The Kier molecular flexibility index (Phi) is 3.98. The highest BCUT2D eigenvalue weighted by atomic mass is 16.3. The molecule has 21 heavy (non-hydrogen) atoms. The molecule has 1 aliphatic rings. The number of ketones is 1. The molecule has 2 rings (SSSR count). The summed E-state index contributed by atoms with van der Waals surface area (Å²) in [5.41, 5.74) is 0.247. The third kappa shape index (κ3) is 2.89. The number of imide groups is 1. The molecule has 6 heteroatoms. The zero-order valence-corrected chi connectivity index (χ0v) is 11.7. The molecule has 0 saturated heterocycles. The van der Waals surface area contributed by atoms with Gasteiger partial charge in [-0.15, -0.1) is 0 Å². The van der Waals surface area contributed by atoms with E-state index in [4.69, 9.17) is 0 Å². The van der Waals surface area contributed by atoms with Crippen LogP contribution < -0.4 is 0 Å². The summed E-state index contributed by atoms with van der Waals surface area (Å²) >= 11 is 0. The van der Waals surface area contributed by atoms with Crippen LogP contribution in [0.4, 0.5) is 4.79 Å². The van der Waals surface area contributed by atoms with E-state index < -0.39 is 17.7 Å². The molecule has 0 bridgehead atoms. The fraction of sp³-hybridized carbons (Fsp3) is 0.200. The molecule has 6 nitrogen and oxygen atoms in total.